The Kier molecular flexibility index (Phi) is 5.37. The fourth-order valence-corrected chi connectivity index (χ4v) is 4.26. The summed E-state index contributed by atoms with van der Waals surface area (Å²) in [6.07, 6.45) is 2.04. The molecule has 5 aromatic rings. The third-order valence-corrected chi connectivity index (χ3v) is 5.86. The number of nitrogens with zero attached hydrogens (tertiary/aromatic N) is 5. The second kappa shape index (κ2) is 8.51. The largest absolute Gasteiger partial charge is 0.480 e. The highest BCUT2D eigenvalue weighted by molar-refractivity contribution is 5.81. The zero-order valence-corrected chi connectivity index (χ0v) is 18.8. The molecule has 0 fully saturated rings. The van der Waals surface area contributed by atoms with Crippen LogP contribution in [0.3, 0.4) is 0 Å². The van der Waals surface area contributed by atoms with Gasteiger partial charge in [-0.1, -0.05) is 19.1 Å². The van der Waals surface area contributed by atoms with Crippen molar-refractivity contribution in [2.75, 3.05) is 0 Å². The lowest BCUT2D eigenvalue weighted by molar-refractivity contribution is -0.141. The van der Waals surface area contributed by atoms with Crippen molar-refractivity contribution < 1.29 is 14.6 Å². The van der Waals surface area contributed by atoms with E-state index in [0.29, 0.717) is 41.1 Å². The molecule has 0 aliphatic carbocycles. The lowest BCUT2D eigenvalue weighted by atomic mass is 10.2. The maximum atomic E-state index is 13.0. The predicted octanol–water partition coefficient (Wildman–Crippen LogP) is 4.38. The molecular formula is C25H23N5O4. The highest BCUT2D eigenvalue weighted by atomic mass is 16.5. The Bertz CT molecular complexity index is 1560. The van der Waals surface area contributed by atoms with Gasteiger partial charge in [0.15, 0.2) is 5.65 Å². The van der Waals surface area contributed by atoms with Gasteiger partial charge < -0.3 is 9.84 Å². The van der Waals surface area contributed by atoms with Crippen LogP contribution in [0, 0.1) is 0 Å². The first-order valence-corrected chi connectivity index (χ1v) is 11.1. The van der Waals surface area contributed by atoms with Crippen LogP contribution >= 0.6 is 0 Å². The van der Waals surface area contributed by atoms with E-state index in [1.54, 1.807) is 44.2 Å². The van der Waals surface area contributed by atoms with Crippen molar-refractivity contribution in [2.45, 2.75) is 32.9 Å². The fourth-order valence-electron chi connectivity index (χ4n) is 4.26. The zero-order valence-electron chi connectivity index (χ0n) is 18.8. The Morgan fingerprint density at radius 2 is 1.76 bits per heavy atom. The van der Waals surface area contributed by atoms with Crippen LogP contribution in [-0.2, 0) is 11.3 Å². The Labute approximate surface area is 194 Å². The number of benzene rings is 2. The molecule has 9 nitrogen and oxygen atoms in total. The number of rotatable bonds is 7. The summed E-state index contributed by atoms with van der Waals surface area (Å²) >= 11 is 0. The molecule has 0 saturated heterocycles. The molecule has 9 heteroatoms. The Morgan fingerprint density at radius 1 is 1.03 bits per heavy atom. The highest BCUT2D eigenvalue weighted by Crippen LogP contribution is 2.31. The van der Waals surface area contributed by atoms with Gasteiger partial charge in [-0.05, 0) is 61.9 Å². The van der Waals surface area contributed by atoms with Crippen molar-refractivity contribution >= 4 is 28.2 Å². The van der Waals surface area contributed by atoms with Crippen molar-refractivity contribution in [3.8, 4) is 17.4 Å². The van der Waals surface area contributed by atoms with Crippen LogP contribution in [0.15, 0.2) is 71.7 Å². The smallest absolute Gasteiger partial charge is 0.334 e. The first kappa shape index (κ1) is 21.4. The van der Waals surface area contributed by atoms with Gasteiger partial charge in [0.1, 0.15) is 11.8 Å². The third kappa shape index (κ3) is 3.42. The first-order chi connectivity index (χ1) is 16.5. The van der Waals surface area contributed by atoms with E-state index in [1.165, 1.54) is 0 Å². The van der Waals surface area contributed by atoms with E-state index in [1.807, 2.05) is 50.2 Å². The Morgan fingerprint density at radius 3 is 2.47 bits per heavy atom. The number of hydrogen-bond acceptors (Lipinski definition) is 5. The molecule has 172 valence electrons. The molecule has 0 aliphatic rings. The summed E-state index contributed by atoms with van der Waals surface area (Å²) in [6.45, 7) is 4.26. The number of carboxylic acids is 1. The normalized spacial score (nSPS) is 12.3. The van der Waals surface area contributed by atoms with E-state index in [0.717, 1.165) is 5.52 Å². The van der Waals surface area contributed by atoms with Gasteiger partial charge in [0.25, 0.3) is 0 Å². The number of para-hydroxylation sites is 2. The first-order valence-electron chi connectivity index (χ1n) is 11.1. The molecule has 1 atom stereocenters. The number of fused-ring (bicyclic) bond motifs is 2. The number of pyridine rings is 1. The molecule has 0 saturated carbocycles. The van der Waals surface area contributed by atoms with E-state index in [9.17, 15) is 14.7 Å². The second-order valence-electron chi connectivity index (χ2n) is 7.82. The van der Waals surface area contributed by atoms with Crippen LogP contribution in [0.1, 0.15) is 26.3 Å². The summed E-state index contributed by atoms with van der Waals surface area (Å²) in [5.41, 5.74) is 3.17. The van der Waals surface area contributed by atoms with E-state index in [2.05, 4.69) is 9.97 Å². The molecule has 34 heavy (non-hydrogen) atoms. The van der Waals surface area contributed by atoms with Crippen LogP contribution in [0.2, 0.25) is 0 Å². The van der Waals surface area contributed by atoms with Crippen LogP contribution < -0.4 is 10.4 Å². The van der Waals surface area contributed by atoms with Gasteiger partial charge >= 0.3 is 17.7 Å². The van der Waals surface area contributed by atoms with Crippen LogP contribution in [0.5, 0.6) is 11.8 Å². The van der Waals surface area contributed by atoms with Gasteiger partial charge in [-0.3, -0.25) is 9.13 Å². The maximum Gasteiger partial charge on any atom is 0.334 e. The SMILES string of the molecule is CCC(C(=O)O)n1c(Oc2ccc(-n3c(=O)n(CC)c4cccnc43)cc2)nc2ccccc21. The molecule has 3 heterocycles. The number of carboxylic acid groups (broad SMARTS) is 1. The third-order valence-electron chi connectivity index (χ3n) is 5.86. The molecule has 0 amide bonds. The van der Waals surface area contributed by atoms with Gasteiger partial charge in [-0.15, -0.1) is 0 Å². The number of aliphatic carboxylic acids is 1. The van der Waals surface area contributed by atoms with E-state index < -0.39 is 12.0 Å². The summed E-state index contributed by atoms with van der Waals surface area (Å²) < 4.78 is 10.9. The summed E-state index contributed by atoms with van der Waals surface area (Å²) in [4.78, 5) is 33.8. The minimum absolute atomic E-state index is 0.168. The summed E-state index contributed by atoms with van der Waals surface area (Å²) in [7, 11) is 0. The fraction of sp³-hybridized carbons (Fsp3) is 0.200. The molecular weight excluding hydrogens is 434 g/mol. The van der Waals surface area contributed by atoms with Gasteiger partial charge in [-0.25, -0.2) is 19.1 Å². The van der Waals surface area contributed by atoms with E-state index >= 15 is 0 Å². The second-order valence-corrected chi connectivity index (χ2v) is 7.82. The van der Waals surface area contributed by atoms with Crippen LogP contribution in [-0.4, -0.2) is 34.7 Å². The number of carbonyl (C=O) groups is 1. The molecule has 1 unspecified atom stereocenters. The van der Waals surface area contributed by atoms with Crippen molar-refractivity contribution in [2.24, 2.45) is 0 Å². The van der Waals surface area contributed by atoms with Crippen molar-refractivity contribution in [1.82, 2.24) is 23.7 Å². The number of hydrogen-bond donors (Lipinski definition) is 1. The lowest BCUT2D eigenvalue weighted by Crippen LogP contribution is -2.22. The summed E-state index contributed by atoms with van der Waals surface area (Å²) in [6, 6.07) is 17.4. The molecule has 1 N–H and O–H groups in total. The average Bonchev–Trinajstić information content (AvgIpc) is 3.34. The molecule has 0 spiro atoms. The van der Waals surface area contributed by atoms with Crippen molar-refractivity contribution in [3.05, 3.63) is 77.3 Å². The highest BCUT2D eigenvalue weighted by Gasteiger charge is 2.25. The predicted molar refractivity (Wildman–Crippen MR) is 128 cm³/mol. The topological polar surface area (TPSA) is 104 Å². The van der Waals surface area contributed by atoms with E-state index in [-0.39, 0.29) is 11.7 Å². The minimum Gasteiger partial charge on any atom is -0.480 e. The van der Waals surface area contributed by atoms with Crippen LogP contribution in [0.25, 0.3) is 27.9 Å². The van der Waals surface area contributed by atoms with E-state index in [4.69, 9.17) is 4.74 Å². The molecule has 5 rings (SSSR count). The van der Waals surface area contributed by atoms with Gasteiger partial charge in [0, 0.05) is 12.7 Å². The number of aryl methyl sites for hydroxylation is 1. The van der Waals surface area contributed by atoms with Gasteiger partial charge in [-0.2, -0.15) is 4.98 Å². The number of ether oxygens (including phenoxy) is 1. The molecule has 3 aromatic heterocycles. The monoisotopic (exact) mass is 457 g/mol. The standard InChI is InChI=1S/C25H23N5O4/c1-3-19(23(31)32)30-20-9-6-5-8-18(20)27-24(30)34-17-13-11-16(12-14-17)29-22-21(10-7-15-26-22)28(4-2)25(29)33/h5-15,19H,3-4H2,1-2H3,(H,31,32). The average molecular weight is 457 g/mol. The molecule has 0 aliphatic heterocycles. The minimum atomic E-state index is -0.954. The van der Waals surface area contributed by atoms with Crippen molar-refractivity contribution in [1.29, 1.82) is 0 Å². The summed E-state index contributed by atoms with van der Waals surface area (Å²) in [5.74, 6) is -0.481. The molecule has 0 radical (unpaired) electrons. The van der Waals surface area contributed by atoms with Gasteiger partial charge in [0.2, 0.25) is 0 Å². The zero-order chi connectivity index (χ0) is 23.8. The van der Waals surface area contributed by atoms with Crippen molar-refractivity contribution in [3.63, 3.8) is 0 Å². The molecule has 0 bridgehead atoms. The van der Waals surface area contributed by atoms with Gasteiger partial charge in [0.05, 0.1) is 22.2 Å². The Hall–Kier alpha value is -4.40. The number of imidazole rings is 2. The number of aromatic nitrogens is 5. The quantitative estimate of drug-likeness (QED) is 0.389. The van der Waals surface area contributed by atoms with Crippen LogP contribution in [0.4, 0.5) is 0 Å². The Balaban J connectivity index is 1.55. The maximum absolute atomic E-state index is 13.0. The summed E-state index contributed by atoms with van der Waals surface area (Å²) in [5, 5.41) is 9.75. The lowest BCUT2D eigenvalue weighted by Gasteiger charge is -2.16. The molecule has 2 aromatic carbocycles.